The summed E-state index contributed by atoms with van der Waals surface area (Å²) in [7, 11) is 0. The fourth-order valence-corrected chi connectivity index (χ4v) is 2.21. The number of benzene rings is 1. The number of nitrogens with one attached hydrogen (secondary N) is 1. The van der Waals surface area contributed by atoms with E-state index < -0.39 is 0 Å². The Kier molecular flexibility index (Phi) is 1.87. The van der Waals surface area contributed by atoms with E-state index in [0.717, 1.165) is 37.2 Å². The van der Waals surface area contributed by atoms with Crippen LogP contribution in [-0.2, 0) is 0 Å². The van der Waals surface area contributed by atoms with Crippen molar-refractivity contribution in [2.75, 3.05) is 17.2 Å². The summed E-state index contributed by atoms with van der Waals surface area (Å²) in [5.74, 6) is 0. The Morgan fingerprint density at radius 2 is 1.88 bits per heavy atom. The molecule has 0 bridgehead atoms. The molecule has 2 aliphatic rings. The molecule has 1 aliphatic heterocycles. The van der Waals surface area contributed by atoms with Gasteiger partial charge in [-0.2, -0.15) is 0 Å². The van der Waals surface area contributed by atoms with Crippen molar-refractivity contribution >= 4 is 17.4 Å². The second-order valence-electron chi connectivity index (χ2n) is 4.70. The van der Waals surface area contributed by atoms with Crippen LogP contribution in [0.1, 0.15) is 19.3 Å². The van der Waals surface area contributed by atoms with Crippen LogP contribution in [0.4, 0.5) is 16.2 Å². The van der Waals surface area contributed by atoms with Crippen molar-refractivity contribution in [2.24, 2.45) is 0 Å². The maximum Gasteiger partial charge on any atom is 0.322 e. The molecule has 2 fully saturated rings. The second kappa shape index (κ2) is 3.14. The van der Waals surface area contributed by atoms with Gasteiger partial charge in [-0.3, -0.25) is 4.90 Å². The Morgan fingerprint density at radius 3 is 2.44 bits per heavy atom. The molecule has 0 unspecified atom stereocenters. The number of nitrogens with two attached hydrogens (primary N) is 1. The van der Waals surface area contributed by atoms with E-state index in [4.69, 9.17) is 5.73 Å². The van der Waals surface area contributed by atoms with Crippen molar-refractivity contribution in [3.8, 4) is 0 Å². The van der Waals surface area contributed by atoms with E-state index in [1.165, 1.54) is 0 Å². The van der Waals surface area contributed by atoms with E-state index in [9.17, 15) is 4.79 Å². The number of hydrogen-bond donors (Lipinski definition) is 2. The van der Waals surface area contributed by atoms with Gasteiger partial charge in [0.2, 0.25) is 0 Å². The molecule has 3 rings (SSSR count). The van der Waals surface area contributed by atoms with Crippen molar-refractivity contribution in [3.05, 3.63) is 24.3 Å². The summed E-state index contributed by atoms with van der Waals surface area (Å²) in [5.41, 5.74) is 7.41. The highest BCUT2D eigenvalue weighted by Crippen LogP contribution is 2.41. The highest BCUT2D eigenvalue weighted by atomic mass is 16.2. The van der Waals surface area contributed by atoms with Crippen LogP contribution >= 0.6 is 0 Å². The minimum absolute atomic E-state index is 0.0218. The third kappa shape index (κ3) is 1.50. The quantitative estimate of drug-likeness (QED) is 0.704. The third-order valence-electron chi connectivity index (χ3n) is 3.49. The third-order valence-corrected chi connectivity index (χ3v) is 3.49. The monoisotopic (exact) mass is 217 g/mol. The molecule has 1 heterocycles. The van der Waals surface area contributed by atoms with Crippen molar-refractivity contribution in [2.45, 2.75) is 24.8 Å². The molecule has 4 heteroatoms. The van der Waals surface area contributed by atoms with Crippen molar-refractivity contribution in [1.29, 1.82) is 0 Å². The van der Waals surface area contributed by atoms with Gasteiger partial charge in [-0.25, -0.2) is 4.79 Å². The molecule has 4 nitrogen and oxygen atoms in total. The number of rotatable bonds is 1. The average molecular weight is 217 g/mol. The molecule has 1 aromatic rings. The van der Waals surface area contributed by atoms with Crippen LogP contribution in [0, 0.1) is 0 Å². The summed E-state index contributed by atoms with van der Waals surface area (Å²) in [6.07, 6.45) is 3.31. The zero-order chi connectivity index (χ0) is 11.2. The number of nitrogen functional groups attached to an aromatic ring is 1. The van der Waals surface area contributed by atoms with Crippen molar-refractivity contribution in [3.63, 3.8) is 0 Å². The van der Waals surface area contributed by atoms with Gasteiger partial charge in [-0.05, 0) is 43.5 Å². The standard InChI is InChI=1S/C12H15N3O/c13-9-1-3-10(4-2-9)15-8-7-12(5-6-12)14-11(15)16/h1-4H,5-8,13H2,(H,14,16). The Labute approximate surface area is 94.4 Å². The van der Waals surface area contributed by atoms with Gasteiger partial charge in [0.25, 0.3) is 0 Å². The first-order chi connectivity index (χ1) is 7.69. The topological polar surface area (TPSA) is 58.4 Å². The maximum atomic E-state index is 11.9. The molecular weight excluding hydrogens is 202 g/mol. The summed E-state index contributed by atoms with van der Waals surface area (Å²) in [6, 6.07) is 7.45. The summed E-state index contributed by atoms with van der Waals surface area (Å²) in [4.78, 5) is 13.7. The SMILES string of the molecule is Nc1ccc(N2CCC3(CC3)NC2=O)cc1. The Balaban J connectivity index is 1.80. The van der Waals surface area contributed by atoms with E-state index in [2.05, 4.69) is 5.32 Å². The highest BCUT2D eigenvalue weighted by molar-refractivity contribution is 5.93. The van der Waals surface area contributed by atoms with Crippen molar-refractivity contribution in [1.82, 2.24) is 5.32 Å². The lowest BCUT2D eigenvalue weighted by Gasteiger charge is -2.33. The lowest BCUT2D eigenvalue weighted by Crippen LogP contribution is -2.53. The molecule has 0 radical (unpaired) electrons. The van der Waals surface area contributed by atoms with Crippen molar-refractivity contribution < 1.29 is 4.79 Å². The number of nitrogens with zero attached hydrogens (tertiary/aromatic N) is 1. The summed E-state index contributed by atoms with van der Waals surface area (Å²) in [5, 5.41) is 3.09. The van der Waals surface area contributed by atoms with E-state index in [1.807, 2.05) is 24.3 Å². The lowest BCUT2D eigenvalue weighted by molar-refractivity contribution is 0.234. The fourth-order valence-electron chi connectivity index (χ4n) is 2.21. The van der Waals surface area contributed by atoms with Gasteiger partial charge in [0, 0.05) is 23.5 Å². The Bertz CT molecular complexity index is 422. The summed E-state index contributed by atoms with van der Waals surface area (Å²) >= 11 is 0. The first kappa shape index (κ1) is 9.51. The van der Waals surface area contributed by atoms with Crippen LogP contribution in [0.3, 0.4) is 0 Å². The summed E-state index contributed by atoms with van der Waals surface area (Å²) in [6.45, 7) is 0.801. The van der Waals surface area contributed by atoms with E-state index in [-0.39, 0.29) is 11.6 Å². The number of hydrogen-bond acceptors (Lipinski definition) is 2. The number of urea groups is 1. The minimum Gasteiger partial charge on any atom is -0.399 e. The molecule has 0 aromatic heterocycles. The first-order valence-electron chi connectivity index (χ1n) is 5.64. The van der Waals surface area contributed by atoms with Gasteiger partial charge in [0.1, 0.15) is 0 Å². The molecule has 1 saturated carbocycles. The molecule has 1 aromatic carbocycles. The molecule has 2 amide bonds. The van der Waals surface area contributed by atoms with Gasteiger partial charge in [-0.15, -0.1) is 0 Å². The van der Waals surface area contributed by atoms with Crippen LogP contribution in [0.25, 0.3) is 0 Å². The second-order valence-corrected chi connectivity index (χ2v) is 4.70. The molecule has 16 heavy (non-hydrogen) atoms. The van der Waals surface area contributed by atoms with Crippen LogP contribution in [0.2, 0.25) is 0 Å². The van der Waals surface area contributed by atoms with Gasteiger partial charge in [-0.1, -0.05) is 0 Å². The molecule has 0 atom stereocenters. The molecule has 84 valence electrons. The number of carbonyl (C=O) groups is 1. The molecule has 3 N–H and O–H groups in total. The van der Waals surface area contributed by atoms with Gasteiger partial charge in [0.15, 0.2) is 0 Å². The fraction of sp³-hybridized carbons (Fsp3) is 0.417. The smallest absolute Gasteiger partial charge is 0.322 e. The molecule has 1 aliphatic carbocycles. The largest absolute Gasteiger partial charge is 0.399 e. The predicted octanol–water partition coefficient (Wildman–Crippen LogP) is 1.72. The van der Waals surface area contributed by atoms with Gasteiger partial charge >= 0.3 is 6.03 Å². The highest BCUT2D eigenvalue weighted by Gasteiger charge is 2.47. The molecule has 1 saturated heterocycles. The number of anilines is 2. The number of carbonyl (C=O) groups excluding carboxylic acids is 1. The number of amides is 2. The van der Waals surface area contributed by atoms with E-state index in [0.29, 0.717) is 0 Å². The van der Waals surface area contributed by atoms with E-state index in [1.54, 1.807) is 4.90 Å². The summed E-state index contributed by atoms with van der Waals surface area (Å²) < 4.78 is 0. The Hall–Kier alpha value is -1.71. The predicted molar refractivity (Wildman–Crippen MR) is 63.3 cm³/mol. The average Bonchev–Trinajstić information content (AvgIpc) is 3.00. The van der Waals surface area contributed by atoms with Crippen LogP contribution < -0.4 is 16.0 Å². The Morgan fingerprint density at radius 1 is 1.19 bits per heavy atom. The first-order valence-corrected chi connectivity index (χ1v) is 5.64. The van der Waals surface area contributed by atoms with Gasteiger partial charge < -0.3 is 11.1 Å². The van der Waals surface area contributed by atoms with Crippen LogP contribution in [0.5, 0.6) is 0 Å². The normalized spacial score (nSPS) is 22.0. The lowest BCUT2D eigenvalue weighted by atomic mass is 10.1. The maximum absolute atomic E-state index is 11.9. The zero-order valence-corrected chi connectivity index (χ0v) is 9.07. The molecule has 1 spiro atoms. The van der Waals surface area contributed by atoms with Crippen LogP contribution in [0.15, 0.2) is 24.3 Å². The van der Waals surface area contributed by atoms with E-state index >= 15 is 0 Å². The molecular formula is C12H15N3O. The van der Waals surface area contributed by atoms with Gasteiger partial charge in [0.05, 0.1) is 0 Å². The minimum atomic E-state index is 0.0218. The van der Waals surface area contributed by atoms with Crippen LogP contribution in [-0.4, -0.2) is 18.1 Å². The zero-order valence-electron chi connectivity index (χ0n) is 9.07.